The number of allylic oxidation sites excluding steroid dienone is 8. The zero-order valence-electron chi connectivity index (χ0n) is 58.0. The van der Waals surface area contributed by atoms with Gasteiger partial charge in [-0.1, -0.05) is 307 Å². The second-order valence-corrected chi connectivity index (χ2v) is 28.0. The van der Waals surface area contributed by atoms with Gasteiger partial charge in [0.15, 0.2) is 6.10 Å². The lowest BCUT2D eigenvalue weighted by molar-refractivity contribution is -0.161. The van der Waals surface area contributed by atoms with Crippen LogP contribution in [0.5, 0.6) is 0 Å². The number of esters is 3. The van der Waals surface area contributed by atoms with E-state index in [-0.39, 0.29) is 19.3 Å². The van der Waals surface area contributed by atoms with Crippen LogP contribution >= 0.6 is 15.6 Å². The van der Waals surface area contributed by atoms with Gasteiger partial charge in [0.05, 0.1) is 26.4 Å². The molecule has 0 aromatic heterocycles. The quantitative estimate of drug-likeness (QED) is 0.0146. The van der Waals surface area contributed by atoms with E-state index in [1.807, 2.05) is 0 Å². The molecule has 4 N–H and O–H groups in total. The van der Waals surface area contributed by atoms with E-state index < -0.39 is 91.5 Å². The predicted octanol–water partition coefficient (Wildman–Crippen LogP) is 20.8. The fourth-order valence-corrected chi connectivity index (χ4v) is 12.0. The van der Waals surface area contributed by atoms with Gasteiger partial charge in [-0.3, -0.25) is 32.5 Å². The van der Waals surface area contributed by atoms with Crippen LogP contribution in [0.4, 0.5) is 0 Å². The number of carbonyl (C=O) groups is 3. The van der Waals surface area contributed by atoms with Crippen molar-refractivity contribution in [3.05, 3.63) is 48.6 Å². The van der Waals surface area contributed by atoms with E-state index in [2.05, 4.69) is 69.4 Å². The number of phosphoric acid groups is 2. The van der Waals surface area contributed by atoms with Gasteiger partial charge in [0.2, 0.25) is 0 Å². The number of carbonyl (C=O) groups excluding carboxylic acids is 3. The van der Waals surface area contributed by atoms with Gasteiger partial charge >= 0.3 is 33.6 Å². The van der Waals surface area contributed by atoms with Crippen molar-refractivity contribution in [2.45, 2.75) is 360 Å². The lowest BCUT2D eigenvalue weighted by atomic mass is 10.0. The Morgan fingerprint density at radius 3 is 0.890 bits per heavy atom. The largest absolute Gasteiger partial charge is 0.472 e. The fourth-order valence-electron chi connectivity index (χ4n) is 10.4. The number of aliphatic hydroxyl groups excluding tert-OH is 2. The molecule has 0 aliphatic heterocycles. The Morgan fingerprint density at radius 2 is 0.549 bits per heavy atom. The van der Waals surface area contributed by atoms with Gasteiger partial charge < -0.3 is 34.2 Å². The first-order valence-electron chi connectivity index (χ1n) is 36.9. The minimum atomic E-state index is -4.91. The van der Waals surface area contributed by atoms with Gasteiger partial charge in [-0.25, -0.2) is 9.13 Å². The first kappa shape index (κ1) is 88.5. The van der Waals surface area contributed by atoms with Crippen molar-refractivity contribution in [1.82, 2.24) is 0 Å². The Labute approximate surface area is 555 Å². The van der Waals surface area contributed by atoms with Crippen molar-refractivity contribution in [3.8, 4) is 0 Å². The Hall–Kier alpha value is -2.49. The molecule has 0 bridgehead atoms. The average molecular weight is 1330 g/mol. The number of aliphatic hydroxyl groups is 2. The third-order valence-electron chi connectivity index (χ3n) is 16.1. The molecule has 5 atom stereocenters. The topological polar surface area (TPSA) is 231 Å². The molecule has 0 aromatic rings. The van der Waals surface area contributed by atoms with Crippen LogP contribution in [-0.2, 0) is 55.8 Å². The van der Waals surface area contributed by atoms with Gasteiger partial charge in [-0.2, -0.15) is 0 Å². The highest BCUT2D eigenvalue weighted by atomic mass is 31.2. The Balaban J connectivity index is 4.23. The molecule has 0 rings (SSSR count). The summed E-state index contributed by atoms with van der Waals surface area (Å²) in [7, 11) is -9.74. The van der Waals surface area contributed by atoms with Crippen molar-refractivity contribution in [1.29, 1.82) is 0 Å². The molecular weight excluding hydrogens is 1190 g/mol. The summed E-state index contributed by atoms with van der Waals surface area (Å²) in [5.41, 5.74) is 0. The molecule has 534 valence electrons. The van der Waals surface area contributed by atoms with Gasteiger partial charge in [0.1, 0.15) is 25.4 Å². The smallest absolute Gasteiger partial charge is 0.463 e. The van der Waals surface area contributed by atoms with E-state index in [9.17, 15) is 43.5 Å². The monoisotopic (exact) mass is 1330 g/mol. The highest BCUT2D eigenvalue weighted by Crippen LogP contribution is 2.45. The molecule has 0 aliphatic carbocycles. The van der Waals surface area contributed by atoms with Crippen molar-refractivity contribution in [2.24, 2.45) is 0 Å². The van der Waals surface area contributed by atoms with Crippen LogP contribution in [0, 0.1) is 0 Å². The van der Waals surface area contributed by atoms with Gasteiger partial charge in [0.25, 0.3) is 0 Å². The average Bonchev–Trinajstić information content (AvgIpc) is 3.65. The Kier molecular flexibility index (Phi) is 65.6. The number of hydrogen-bond acceptors (Lipinski definition) is 14. The third kappa shape index (κ3) is 68.7. The van der Waals surface area contributed by atoms with E-state index >= 15 is 0 Å². The predicted molar refractivity (Wildman–Crippen MR) is 372 cm³/mol. The van der Waals surface area contributed by atoms with E-state index in [0.29, 0.717) is 19.3 Å². The van der Waals surface area contributed by atoms with Gasteiger partial charge in [-0.05, 0) is 64.2 Å². The summed E-state index contributed by atoms with van der Waals surface area (Å²) < 4.78 is 60.8. The molecule has 18 heteroatoms. The summed E-state index contributed by atoms with van der Waals surface area (Å²) in [6, 6.07) is 0. The van der Waals surface area contributed by atoms with Crippen LogP contribution in [0.1, 0.15) is 342 Å². The Morgan fingerprint density at radius 1 is 0.308 bits per heavy atom. The summed E-state index contributed by atoms with van der Waals surface area (Å²) in [5.74, 6) is -1.55. The number of rotatable bonds is 71. The summed E-state index contributed by atoms with van der Waals surface area (Å²) in [6.45, 7) is 2.67. The number of unbranched alkanes of at least 4 members (excludes halogenated alkanes) is 40. The van der Waals surface area contributed by atoms with Crippen molar-refractivity contribution in [3.63, 3.8) is 0 Å². The first-order chi connectivity index (χ1) is 44.2. The summed E-state index contributed by atoms with van der Waals surface area (Å²) in [6.07, 6.45) is 69.2. The lowest BCUT2D eigenvalue weighted by Gasteiger charge is -2.21. The fraction of sp³-hybridized carbons (Fsp3) is 0.849. The van der Waals surface area contributed by atoms with Crippen molar-refractivity contribution in [2.75, 3.05) is 39.6 Å². The van der Waals surface area contributed by atoms with E-state index in [4.69, 9.17) is 32.3 Å². The van der Waals surface area contributed by atoms with Crippen LogP contribution in [0.25, 0.3) is 0 Å². The van der Waals surface area contributed by atoms with Crippen LogP contribution in [0.2, 0.25) is 0 Å². The Bertz CT molecular complexity index is 1860. The minimum Gasteiger partial charge on any atom is -0.463 e. The van der Waals surface area contributed by atoms with E-state index in [0.717, 1.165) is 83.5 Å². The molecule has 91 heavy (non-hydrogen) atoms. The second-order valence-electron chi connectivity index (χ2n) is 25.1. The van der Waals surface area contributed by atoms with Crippen LogP contribution in [0.15, 0.2) is 48.6 Å². The van der Waals surface area contributed by atoms with Crippen LogP contribution in [0.3, 0.4) is 0 Å². The molecule has 0 fully saturated rings. The maximum Gasteiger partial charge on any atom is 0.472 e. The third-order valence-corrected chi connectivity index (χ3v) is 18.0. The summed E-state index contributed by atoms with van der Waals surface area (Å²) in [5, 5.41) is 20.5. The number of ether oxygens (including phenoxy) is 3. The zero-order valence-corrected chi connectivity index (χ0v) is 59.8. The molecule has 0 amide bonds. The first-order valence-corrected chi connectivity index (χ1v) is 39.9. The van der Waals surface area contributed by atoms with E-state index in [1.54, 1.807) is 0 Å². The standard InChI is InChI=1S/C73H136O16P2/c1-4-7-10-13-16-19-22-23-24-25-26-27-28-29-30-31-32-33-34-35-36-37-38-39-40-41-42-43-46-48-50-53-56-59-71(76)83-62-68(74)63-85-90(79,80)86-64-69(75)65-87-91(81,82)88-67-70(89-73(78)61-58-55-52-49-45-21-18-15-12-9-6-3)66-84-72(77)60-57-54-51-47-44-20-17-14-11-8-5-2/h16,19,23-24,26-27,29-30,68-70,74-75H,4-15,17-18,20-22,25,28,31-67H2,1-3H3,(H,79,80)(H,81,82)/b19-16-,24-23-,27-26-,30-29-. The molecule has 0 aliphatic rings. The summed E-state index contributed by atoms with van der Waals surface area (Å²) in [4.78, 5) is 58.2. The molecule has 16 nitrogen and oxygen atoms in total. The molecule has 0 aromatic carbocycles. The molecule has 0 radical (unpaired) electrons. The lowest BCUT2D eigenvalue weighted by Crippen LogP contribution is -2.30. The molecule has 0 saturated heterocycles. The molecule has 0 spiro atoms. The number of phosphoric ester groups is 2. The van der Waals surface area contributed by atoms with Crippen molar-refractivity contribution < 1.29 is 75.8 Å². The van der Waals surface area contributed by atoms with Crippen LogP contribution < -0.4 is 0 Å². The number of hydrogen-bond donors (Lipinski definition) is 4. The highest BCUT2D eigenvalue weighted by molar-refractivity contribution is 7.47. The molecule has 0 heterocycles. The zero-order chi connectivity index (χ0) is 66.7. The molecule has 5 unspecified atom stereocenters. The SMILES string of the molecule is CCCCC/C=C\C/C=C\C/C=C\C/C=C\CCCCCCCCCCCCCCCCCCCC(=O)OCC(O)COP(=O)(O)OCC(O)COP(=O)(O)OCC(COC(=O)CCCCCCCCCCCCC)OC(=O)CCCCCCCCCCCCC. The molecule has 0 saturated carbocycles. The van der Waals surface area contributed by atoms with E-state index in [1.165, 1.54) is 199 Å². The normalized spacial score (nSPS) is 14.4. The van der Waals surface area contributed by atoms with Gasteiger partial charge in [0, 0.05) is 19.3 Å². The van der Waals surface area contributed by atoms with Crippen LogP contribution in [-0.4, -0.2) is 95.9 Å². The molecular formula is C73H136O16P2. The van der Waals surface area contributed by atoms with Gasteiger partial charge in [-0.15, -0.1) is 0 Å². The van der Waals surface area contributed by atoms with Crippen molar-refractivity contribution >= 4 is 33.6 Å². The highest BCUT2D eigenvalue weighted by Gasteiger charge is 2.29. The minimum absolute atomic E-state index is 0.113. The second kappa shape index (κ2) is 67.5. The maximum absolute atomic E-state index is 12.8. The maximum atomic E-state index is 12.8. The summed E-state index contributed by atoms with van der Waals surface area (Å²) >= 11 is 0.